The molecule has 68 valence electrons. The van der Waals surface area contributed by atoms with Crippen LogP contribution in [-0.4, -0.2) is 22.2 Å². The average molecular weight is 304 g/mol. The number of halogens is 2. The Labute approximate surface area is 91.2 Å². The summed E-state index contributed by atoms with van der Waals surface area (Å²) in [7, 11) is 0. The number of hydrogen-bond donors (Lipinski definition) is 0. The monoisotopic (exact) mass is 302 g/mol. The zero-order valence-corrected chi connectivity index (χ0v) is 11.0. The highest BCUT2D eigenvalue weighted by Gasteiger charge is 2.03. The molecule has 0 N–H and O–H groups in total. The van der Waals surface area contributed by atoms with Crippen molar-refractivity contribution in [1.82, 2.24) is 0 Å². The number of hydrogen-bond acceptors (Lipinski definition) is 1. The minimum absolute atomic E-state index is 0.826. The minimum atomic E-state index is 0.826. The highest BCUT2D eigenvalue weighted by molar-refractivity contribution is 9.09. The van der Waals surface area contributed by atoms with Gasteiger partial charge < -0.3 is 0 Å². The van der Waals surface area contributed by atoms with Gasteiger partial charge in [0.1, 0.15) is 0 Å². The lowest BCUT2D eigenvalue weighted by Gasteiger charge is -2.08. The SMILES string of the molecule is CCSCCCC(CBr)CBr. The third-order valence-corrected chi connectivity index (χ3v) is 4.36. The summed E-state index contributed by atoms with van der Waals surface area (Å²) in [6.07, 6.45) is 2.71. The molecule has 0 bridgehead atoms. The fourth-order valence-corrected chi connectivity index (χ4v) is 3.19. The standard InChI is InChI=1S/C8H16Br2S/c1-2-11-5-3-4-8(6-9)7-10/h8H,2-7H2,1H3. The van der Waals surface area contributed by atoms with Gasteiger partial charge in [0, 0.05) is 10.7 Å². The van der Waals surface area contributed by atoms with Crippen LogP contribution in [0.1, 0.15) is 19.8 Å². The molecular weight excluding hydrogens is 288 g/mol. The molecule has 0 aromatic heterocycles. The van der Waals surface area contributed by atoms with E-state index < -0.39 is 0 Å². The molecule has 0 atom stereocenters. The van der Waals surface area contributed by atoms with Crippen molar-refractivity contribution in [3.63, 3.8) is 0 Å². The van der Waals surface area contributed by atoms with Gasteiger partial charge in [-0.2, -0.15) is 11.8 Å². The fraction of sp³-hybridized carbons (Fsp3) is 1.00. The van der Waals surface area contributed by atoms with Crippen LogP contribution < -0.4 is 0 Å². The molecule has 0 aliphatic carbocycles. The molecule has 0 aliphatic heterocycles. The maximum Gasteiger partial charge on any atom is 0.00676 e. The summed E-state index contributed by atoms with van der Waals surface area (Å²) in [5.74, 6) is 3.41. The Hall–Kier alpha value is 1.31. The first-order chi connectivity index (χ1) is 5.35. The summed E-state index contributed by atoms with van der Waals surface area (Å²) >= 11 is 9.06. The van der Waals surface area contributed by atoms with Gasteiger partial charge in [0.05, 0.1) is 0 Å². The van der Waals surface area contributed by atoms with Crippen molar-refractivity contribution in [2.75, 3.05) is 22.2 Å². The van der Waals surface area contributed by atoms with E-state index in [1.165, 1.54) is 24.3 Å². The molecule has 0 heterocycles. The van der Waals surface area contributed by atoms with Crippen LogP contribution in [0.15, 0.2) is 0 Å². The summed E-state index contributed by atoms with van der Waals surface area (Å²) < 4.78 is 0. The molecule has 0 rings (SSSR count). The lowest BCUT2D eigenvalue weighted by molar-refractivity contribution is 0.604. The van der Waals surface area contributed by atoms with Crippen molar-refractivity contribution < 1.29 is 0 Å². The maximum atomic E-state index is 3.51. The topological polar surface area (TPSA) is 0 Å². The van der Waals surface area contributed by atoms with Crippen molar-refractivity contribution in [1.29, 1.82) is 0 Å². The average Bonchev–Trinajstić information content (AvgIpc) is 2.05. The van der Waals surface area contributed by atoms with Gasteiger partial charge in [0.2, 0.25) is 0 Å². The molecule has 0 nitrogen and oxygen atoms in total. The normalized spacial score (nSPS) is 10.9. The molecule has 0 saturated heterocycles. The van der Waals surface area contributed by atoms with E-state index in [1.807, 2.05) is 11.8 Å². The predicted molar refractivity (Wildman–Crippen MR) is 63.3 cm³/mol. The smallest absolute Gasteiger partial charge is 0.00676 e. The Bertz CT molecular complexity index is 74.5. The summed E-state index contributed by atoms with van der Waals surface area (Å²) in [5, 5.41) is 2.27. The van der Waals surface area contributed by atoms with Crippen LogP contribution in [0.25, 0.3) is 0 Å². The van der Waals surface area contributed by atoms with Crippen molar-refractivity contribution in [3.05, 3.63) is 0 Å². The summed E-state index contributed by atoms with van der Waals surface area (Å²) in [5.41, 5.74) is 0. The Morgan fingerprint density at radius 3 is 2.36 bits per heavy atom. The van der Waals surface area contributed by atoms with E-state index in [4.69, 9.17) is 0 Å². The lowest BCUT2D eigenvalue weighted by atomic mass is 10.1. The fourth-order valence-electron chi connectivity index (χ4n) is 0.814. The molecule has 0 amide bonds. The molecule has 0 radical (unpaired) electrons. The van der Waals surface area contributed by atoms with Crippen molar-refractivity contribution in [2.45, 2.75) is 19.8 Å². The van der Waals surface area contributed by atoms with Crippen LogP contribution in [-0.2, 0) is 0 Å². The number of rotatable bonds is 7. The van der Waals surface area contributed by atoms with E-state index >= 15 is 0 Å². The largest absolute Gasteiger partial charge is 0.162 e. The second kappa shape index (κ2) is 9.40. The van der Waals surface area contributed by atoms with E-state index in [0.29, 0.717) is 0 Å². The van der Waals surface area contributed by atoms with Gasteiger partial charge in [-0.05, 0) is 30.3 Å². The quantitative estimate of drug-likeness (QED) is 0.507. The first-order valence-corrected chi connectivity index (χ1v) is 7.44. The van der Waals surface area contributed by atoms with Crippen LogP contribution in [0.2, 0.25) is 0 Å². The number of alkyl halides is 2. The van der Waals surface area contributed by atoms with Crippen LogP contribution in [0, 0.1) is 5.92 Å². The van der Waals surface area contributed by atoms with E-state index in [9.17, 15) is 0 Å². The maximum absolute atomic E-state index is 3.51. The first kappa shape index (κ1) is 12.3. The molecule has 0 aliphatic rings. The second-order valence-electron chi connectivity index (χ2n) is 2.51. The predicted octanol–water partition coefficient (Wildman–Crippen LogP) is 3.93. The van der Waals surface area contributed by atoms with Crippen molar-refractivity contribution in [2.24, 2.45) is 5.92 Å². The third kappa shape index (κ3) is 7.66. The van der Waals surface area contributed by atoms with Gasteiger partial charge in [0.25, 0.3) is 0 Å². The Morgan fingerprint density at radius 2 is 1.91 bits per heavy atom. The van der Waals surface area contributed by atoms with Crippen molar-refractivity contribution >= 4 is 43.6 Å². The van der Waals surface area contributed by atoms with Crippen LogP contribution in [0.3, 0.4) is 0 Å². The number of thioether (sulfide) groups is 1. The molecule has 0 fully saturated rings. The highest BCUT2D eigenvalue weighted by atomic mass is 79.9. The van der Waals surface area contributed by atoms with Gasteiger partial charge >= 0.3 is 0 Å². The van der Waals surface area contributed by atoms with Gasteiger partial charge in [0.15, 0.2) is 0 Å². The van der Waals surface area contributed by atoms with Crippen LogP contribution >= 0.6 is 43.6 Å². The Morgan fingerprint density at radius 1 is 1.27 bits per heavy atom. The Kier molecular flexibility index (Phi) is 10.5. The van der Waals surface area contributed by atoms with Crippen LogP contribution in [0.5, 0.6) is 0 Å². The van der Waals surface area contributed by atoms with Crippen molar-refractivity contribution in [3.8, 4) is 0 Å². The molecule has 0 unspecified atom stereocenters. The minimum Gasteiger partial charge on any atom is -0.162 e. The summed E-state index contributed by atoms with van der Waals surface area (Å²) in [6, 6.07) is 0. The third-order valence-electron chi connectivity index (χ3n) is 1.54. The zero-order valence-electron chi connectivity index (χ0n) is 6.98. The van der Waals surface area contributed by atoms with E-state index in [2.05, 4.69) is 38.8 Å². The first-order valence-electron chi connectivity index (χ1n) is 4.04. The summed E-state index contributed by atoms with van der Waals surface area (Å²) in [6.45, 7) is 2.22. The summed E-state index contributed by atoms with van der Waals surface area (Å²) in [4.78, 5) is 0. The molecule has 3 heteroatoms. The van der Waals surface area contributed by atoms with Gasteiger partial charge in [-0.15, -0.1) is 0 Å². The van der Waals surface area contributed by atoms with E-state index in [0.717, 1.165) is 16.6 Å². The van der Waals surface area contributed by atoms with E-state index in [-0.39, 0.29) is 0 Å². The van der Waals surface area contributed by atoms with Crippen LogP contribution in [0.4, 0.5) is 0 Å². The molecule has 0 spiro atoms. The molecule has 11 heavy (non-hydrogen) atoms. The molecule has 0 aromatic rings. The van der Waals surface area contributed by atoms with Gasteiger partial charge in [-0.1, -0.05) is 38.8 Å². The molecule has 0 aromatic carbocycles. The van der Waals surface area contributed by atoms with Gasteiger partial charge in [-0.25, -0.2) is 0 Å². The van der Waals surface area contributed by atoms with Gasteiger partial charge in [-0.3, -0.25) is 0 Å². The lowest BCUT2D eigenvalue weighted by Crippen LogP contribution is -2.03. The zero-order chi connectivity index (χ0) is 8.53. The molecule has 0 saturated carbocycles. The highest BCUT2D eigenvalue weighted by Crippen LogP contribution is 2.14. The van der Waals surface area contributed by atoms with E-state index in [1.54, 1.807) is 0 Å². The Balaban J connectivity index is 3.07. The molecular formula is C8H16Br2S. The second-order valence-corrected chi connectivity index (χ2v) is 5.20.